The molecular formula is C23H35F3N3O3+. The van der Waals surface area contributed by atoms with Gasteiger partial charge >= 0.3 is 6.18 Å². The van der Waals surface area contributed by atoms with Crippen molar-refractivity contribution in [2.45, 2.75) is 64.7 Å². The number of amides is 1. The lowest BCUT2D eigenvalue weighted by atomic mass is 9.93. The van der Waals surface area contributed by atoms with Crippen LogP contribution in [0.5, 0.6) is 0 Å². The molecule has 2 unspecified atom stereocenters. The number of halogens is 3. The summed E-state index contributed by atoms with van der Waals surface area (Å²) in [6.07, 6.45) is 0.687. The maximum absolute atomic E-state index is 13.3. The molecule has 1 saturated heterocycles. The van der Waals surface area contributed by atoms with Gasteiger partial charge in [-0.1, -0.05) is 13.8 Å². The lowest BCUT2D eigenvalue weighted by molar-refractivity contribution is -0.891. The average molecular weight is 459 g/mol. The Morgan fingerprint density at radius 2 is 2.22 bits per heavy atom. The summed E-state index contributed by atoms with van der Waals surface area (Å²) in [6, 6.07) is 1.60. The van der Waals surface area contributed by atoms with Crippen LogP contribution in [0.2, 0.25) is 0 Å². The molecule has 1 aromatic heterocycles. The second kappa shape index (κ2) is 10.8. The van der Waals surface area contributed by atoms with Gasteiger partial charge in [0.2, 0.25) is 17.8 Å². The van der Waals surface area contributed by atoms with Crippen molar-refractivity contribution in [2.24, 2.45) is 11.8 Å². The third-order valence-electron chi connectivity index (χ3n) is 6.68. The lowest BCUT2D eigenvalue weighted by Gasteiger charge is -2.32. The number of alkyl halides is 3. The molecule has 9 heteroatoms. The number of rotatable bonds is 8. The zero-order valence-corrected chi connectivity index (χ0v) is 19.2. The minimum absolute atomic E-state index is 0.00507. The van der Waals surface area contributed by atoms with Crippen molar-refractivity contribution < 1.29 is 32.3 Å². The third-order valence-corrected chi connectivity index (χ3v) is 6.68. The molecule has 2 aliphatic rings. The van der Waals surface area contributed by atoms with Crippen molar-refractivity contribution in [3.8, 4) is 0 Å². The molecule has 3 heterocycles. The molecule has 3 atom stereocenters. The Kier molecular flexibility index (Phi) is 8.38. The van der Waals surface area contributed by atoms with Crippen LogP contribution >= 0.6 is 0 Å². The predicted molar refractivity (Wildman–Crippen MR) is 113 cm³/mol. The first-order valence-electron chi connectivity index (χ1n) is 11.5. The standard InChI is InChI=1S/C23H35F3N3O3/c1-4-17-15-32-11-8-20(17)27-9-5-6-16(2)22(30)28-10-7-21-18(13-28)12-19(23(24,25)26)14-29(21)31-3/h12,14,16-17,20,27H,4-11,13,15H2,1-3H3/q+1/t16-,17?,20?/m1/s1. The summed E-state index contributed by atoms with van der Waals surface area (Å²) in [4.78, 5) is 19.8. The monoisotopic (exact) mass is 458 g/mol. The quantitative estimate of drug-likeness (QED) is 0.481. The van der Waals surface area contributed by atoms with E-state index >= 15 is 0 Å². The number of carbonyl (C=O) groups is 1. The molecule has 1 N–H and O–H groups in total. The predicted octanol–water partition coefficient (Wildman–Crippen LogP) is 2.76. The Labute approximate surface area is 188 Å². The molecule has 0 saturated carbocycles. The Morgan fingerprint density at radius 1 is 1.44 bits per heavy atom. The maximum atomic E-state index is 13.3. The van der Waals surface area contributed by atoms with E-state index in [1.165, 1.54) is 11.8 Å². The van der Waals surface area contributed by atoms with Crippen molar-refractivity contribution in [3.05, 3.63) is 29.1 Å². The third kappa shape index (κ3) is 5.92. The van der Waals surface area contributed by atoms with E-state index in [1.54, 1.807) is 4.90 Å². The fraction of sp³-hybridized carbons (Fsp3) is 0.739. The molecule has 1 fully saturated rings. The highest BCUT2D eigenvalue weighted by atomic mass is 19.4. The van der Waals surface area contributed by atoms with Crippen molar-refractivity contribution in [1.29, 1.82) is 0 Å². The number of nitrogens with zero attached hydrogens (tertiary/aromatic N) is 2. The smallest absolute Gasteiger partial charge is 0.381 e. The molecule has 1 aromatic rings. The summed E-state index contributed by atoms with van der Waals surface area (Å²) in [5.74, 6) is 0.359. The van der Waals surface area contributed by atoms with E-state index in [0.717, 1.165) is 57.7 Å². The van der Waals surface area contributed by atoms with Crippen LogP contribution in [0.4, 0.5) is 13.2 Å². The topological polar surface area (TPSA) is 54.7 Å². The number of nitrogens with one attached hydrogen (secondary N) is 1. The average Bonchev–Trinajstić information content (AvgIpc) is 2.79. The Hall–Kier alpha value is -1.87. The first kappa shape index (κ1) is 24.8. The van der Waals surface area contributed by atoms with Crippen molar-refractivity contribution in [2.75, 3.05) is 33.4 Å². The van der Waals surface area contributed by atoms with Crippen LogP contribution < -0.4 is 14.9 Å². The Bertz CT molecular complexity index is 788. The number of hydrogen-bond acceptors (Lipinski definition) is 4. The van der Waals surface area contributed by atoms with Crippen molar-refractivity contribution in [3.63, 3.8) is 0 Å². The number of ether oxygens (including phenoxy) is 1. The number of fused-ring (bicyclic) bond motifs is 1. The molecule has 3 rings (SSSR count). The number of carbonyl (C=O) groups excluding carboxylic acids is 1. The molecule has 1 amide bonds. The molecular weight excluding hydrogens is 423 g/mol. The van der Waals surface area contributed by atoms with Crippen LogP contribution in [0.1, 0.15) is 56.4 Å². The fourth-order valence-electron chi connectivity index (χ4n) is 4.69. The maximum Gasteiger partial charge on any atom is 0.422 e. The van der Waals surface area contributed by atoms with Gasteiger partial charge in [0.1, 0.15) is 12.7 Å². The molecule has 0 bridgehead atoms. The van der Waals surface area contributed by atoms with E-state index in [4.69, 9.17) is 9.57 Å². The number of hydrogen-bond donors (Lipinski definition) is 1. The largest absolute Gasteiger partial charge is 0.422 e. The van der Waals surface area contributed by atoms with Gasteiger partial charge in [-0.2, -0.15) is 13.2 Å². The lowest BCUT2D eigenvalue weighted by Crippen LogP contribution is -2.50. The zero-order valence-electron chi connectivity index (χ0n) is 19.2. The minimum atomic E-state index is -4.47. The summed E-state index contributed by atoms with van der Waals surface area (Å²) in [7, 11) is 1.34. The summed E-state index contributed by atoms with van der Waals surface area (Å²) in [5.41, 5.74) is 0.397. The first-order valence-corrected chi connectivity index (χ1v) is 11.5. The van der Waals surface area contributed by atoms with E-state index in [-0.39, 0.29) is 18.4 Å². The molecule has 6 nitrogen and oxygen atoms in total. The number of aromatic nitrogens is 1. The van der Waals surface area contributed by atoms with Crippen molar-refractivity contribution in [1.82, 2.24) is 10.2 Å². The van der Waals surface area contributed by atoms with Crippen LogP contribution in [-0.4, -0.2) is 50.3 Å². The minimum Gasteiger partial charge on any atom is -0.381 e. The molecule has 0 aromatic carbocycles. The van der Waals surface area contributed by atoms with E-state index in [2.05, 4.69) is 12.2 Å². The van der Waals surface area contributed by atoms with Gasteiger partial charge in [-0.3, -0.25) is 9.63 Å². The first-order chi connectivity index (χ1) is 15.2. The molecule has 180 valence electrons. The second-order valence-corrected chi connectivity index (χ2v) is 8.85. The zero-order chi connectivity index (χ0) is 23.3. The van der Waals surface area contributed by atoms with Gasteiger partial charge in [0.05, 0.1) is 19.6 Å². The SMILES string of the molecule is CCC1COCCC1NCCC[C@@H](C)C(=O)N1CCc2c(cc(C(F)(F)F)c[n+]2OC)C1. The molecule has 2 aliphatic heterocycles. The van der Waals surface area contributed by atoms with Gasteiger partial charge in [-0.15, -0.1) is 0 Å². The van der Waals surface area contributed by atoms with Crippen molar-refractivity contribution >= 4 is 5.91 Å². The van der Waals surface area contributed by atoms with E-state index in [1.807, 2.05) is 6.92 Å². The molecule has 0 radical (unpaired) electrons. The Balaban J connectivity index is 1.54. The number of pyridine rings is 1. The van der Waals surface area contributed by atoms with E-state index < -0.39 is 11.7 Å². The van der Waals surface area contributed by atoms with Gasteiger partial charge in [-0.05, 0) is 44.2 Å². The molecule has 0 aliphatic carbocycles. The van der Waals surface area contributed by atoms with Gasteiger partial charge in [0, 0.05) is 35.4 Å². The van der Waals surface area contributed by atoms with E-state index in [0.29, 0.717) is 36.2 Å². The van der Waals surface area contributed by atoms with Crippen LogP contribution in [0.3, 0.4) is 0 Å². The van der Waals surface area contributed by atoms with Gasteiger partial charge < -0.3 is 15.0 Å². The van der Waals surface area contributed by atoms with E-state index in [9.17, 15) is 18.0 Å². The summed E-state index contributed by atoms with van der Waals surface area (Å²) < 4.78 is 46.5. The summed E-state index contributed by atoms with van der Waals surface area (Å²) in [5, 5.41) is 3.61. The van der Waals surface area contributed by atoms with Gasteiger partial charge in [0.25, 0.3) is 0 Å². The highest BCUT2D eigenvalue weighted by molar-refractivity contribution is 5.78. The van der Waals surface area contributed by atoms with Gasteiger partial charge in [-0.25, -0.2) is 0 Å². The van der Waals surface area contributed by atoms with Crippen LogP contribution in [0.25, 0.3) is 0 Å². The highest BCUT2D eigenvalue weighted by Crippen LogP contribution is 2.31. The normalized spacial score (nSPS) is 22.4. The fourth-order valence-corrected chi connectivity index (χ4v) is 4.69. The molecule has 0 spiro atoms. The second-order valence-electron chi connectivity index (χ2n) is 8.85. The van der Waals surface area contributed by atoms with Gasteiger partial charge in [0.15, 0.2) is 0 Å². The van der Waals surface area contributed by atoms with Crippen LogP contribution in [-0.2, 0) is 28.7 Å². The Morgan fingerprint density at radius 3 is 2.91 bits per heavy atom. The van der Waals surface area contributed by atoms with Crippen LogP contribution in [0.15, 0.2) is 12.3 Å². The highest BCUT2D eigenvalue weighted by Gasteiger charge is 2.38. The molecule has 32 heavy (non-hydrogen) atoms. The van der Waals surface area contributed by atoms with Crippen LogP contribution in [0, 0.1) is 11.8 Å². The summed E-state index contributed by atoms with van der Waals surface area (Å²) in [6.45, 7) is 7.18. The summed E-state index contributed by atoms with van der Waals surface area (Å²) >= 11 is 0.